The van der Waals surface area contributed by atoms with E-state index < -0.39 is 17.7 Å². The summed E-state index contributed by atoms with van der Waals surface area (Å²) in [7, 11) is 0. The number of ether oxygens (including phenoxy) is 1. The molecule has 0 unspecified atom stereocenters. The number of hydrogen-bond donors (Lipinski definition) is 3. The third-order valence-electron chi connectivity index (χ3n) is 2.20. The van der Waals surface area contributed by atoms with Crippen molar-refractivity contribution in [3.8, 4) is 0 Å². The molecule has 0 aliphatic heterocycles. The van der Waals surface area contributed by atoms with Crippen LogP contribution >= 0.6 is 0 Å². The summed E-state index contributed by atoms with van der Waals surface area (Å²) in [6.45, 7) is 10.9. The number of alkyl carbamates (subject to hydrolysis) is 1. The van der Waals surface area contributed by atoms with Crippen LogP contribution in [0.5, 0.6) is 0 Å². The molecular weight excluding hydrogens is 246 g/mol. The summed E-state index contributed by atoms with van der Waals surface area (Å²) in [5, 5.41) is 5.43. The Morgan fingerprint density at radius 2 is 1.95 bits per heavy atom. The molecule has 19 heavy (non-hydrogen) atoms. The largest absolute Gasteiger partial charge is 0.444 e. The molecule has 0 aliphatic rings. The van der Waals surface area contributed by atoms with Crippen molar-refractivity contribution < 1.29 is 14.3 Å². The van der Waals surface area contributed by atoms with Crippen LogP contribution < -0.4 is 16.4 Å². The summed E-state index contributed by atoms with van der Waals surface area (Å²) in [6.07, 6.45) is 0.634. The van der Waals surface area contributed by atoms with Gasteiger partial charge in [0.2, 0.25) is 0 Å². The SMILES string of the molecule is C=C(N)NCCC[C@H](NC(=O)OC(C)(C)C)C(C)=O. The summed E-state index contributed by atoms with van der Waals surface area (Å²) >= 11 is 0. The molecule has 0 saturated carbocycles. The van der Waals surface area contributed by atoms with Crippen molar-refractivity contribution in [2.75, 3.05) is 6.54 Å². The highest BCUT2D eigenvalue weighted by Crippen LogP contribution is 2.08. The summed E-state index contributed by atoms with van der Waals surface area (Å²) in [4.78, 5) is 23.0. The van der Waals surface area contributed by atoms with Crippen molar-refractivity contribution in [1.29, 1.82) is 0 Å². The summed E-state index contributed by atoms with van der Waals surface area (Å²) < 4.78 is 5.11. The second-order valence-corrected chi connectivity index (χ2v) is 5.40. The van der Waals surface area contributed by atoms with Gasteiger partial charge in [-0.2, -0.15) is 0 Å². The Morgan fingerprint density at radius 1 is 1.37 bits per heavy atom. The first-order valence-corrected chi connectivity index (χ1v) is 6.30. The highest BCUT2D eigenvalue weighted by molar-refractivity contribution is 5.85. The van der Waals surface area contributed by atoms with Crippen LogP contribution in [0, 0.1) is 0 Å². The standard InChI is InChI=1S/C13H25N3O3/c1-9(17)11(7-6-8-15-10(2)14)16-12(18)19-13(3,4)5/h11,15H,2,6-8,14H2,1,3-5H3,(H,16,18)/t11-/m0/s1. The van der Waals surface area contributed by atoms with Crippen LogP contribution in [-0.4, -0.2) is 30.1 Å². The zero-order valence-electron chi connectivity index (χ0n) is 12.2. The topological polar surface area (TPSA) is 93.5 Å². The summed E-state index contributed by atoms with van der Waals surface area (Å²) in [5.41, 5.74) is 4.78. The van der Waals surface area contributed by atoms with Gasteiger partial charge in [0.25, 0.3) is 0 Å². The van der Waals surface area contributed by atoms with Gasteiger partial charge in [0.05, 0.1) is 11.9 Å². The average Bonchev–Trinajstić information content (AvgIpc) is 2.19. The zero-order chi connectivity index (χ0) is 15.1. The lowest BCUT2D eigenvalue weighted by molar-refractivity contribution is -0.119. The van der Waals surface area contributed by atoms with Crippen molar-refractivity contribution in [3.05, 3.63) is 12.4 Å². The zero-order valence-corrected chi connectivity index (χ0v) is 12.2. The molecule has 0 aromatic rings. The molecule has 6 nitrogen and oxygen atoms in total. The first kappa shape index (κ1) is 17.3. The highest BCUT2D eigenvalue weighted by atomic mass is 16.6. The highest BCUT2D eigenvalue weighted by Gasteiger charge is 2.21. The van der Waals surface area contributed by atoms with Gasteiger partial charge in [0, 0.05) is 6.54 Å². The fraction of sp³-hybridized carbons (Fsp3) is 0.692. The maximum atomic E-state index is 11.6. The van der Waals surface area contributed by atoms with Crippen LogP contribution in [0.2, 0.25) is 0 Å². The summed E-state index contributed by atoms with van der Waals surface area (Å²) in [5.74, 6) is 0.289. The van der Waals surface area contributed by atoms with E-state index in [2.05, 4.69) is 17.2 Å². The van der Waals surface area contributed by atoms with Crippen molar-refractivity contribution in [3.63, 3.8) is 0 Å². The Hall–Kier alpha value is -1.72. The number of carbonyl (C=O) groups is 2. The summed E-state index contributed by atoms with van der Waals surface area (Å²) in [6, 6.07) is -0.539. The quantitative estimate of drug-likeness (QED) is 0.606. The fourth-order valence-corrected chi connectivity index (χ4v) is 1.38. The van der Waals surface area contributed by atoms with Gasteiger partial charge in [0.1, 0.15) is 5.60 Å². The average molecular weight is 271 g/mol. The van der Waals surface area contributed by atoms with E-state index in [-0.39, 0.29) is 5.78 Å². The van der Waals surface area contributed by atoms with E-state index in [4.69, 9.17) is 10.5 Å². The van der Waals surface area contributed by atoms with Crippen LogP contribution in [0.25, 0.3) is 0 Å². The number of nitrogens with two attached hydrogens (primary N) is 1. The lowest BCUT2D eigenvalue weighted by Crippen LogP contribution is -2.43. The molecule has 0 radical (unpaired) electrons. The maximum Gasteiger partial charge on any atom is 0.408 e. The molecule has 0 spiro atoms. The van der Waals surface area contributed by atoms with E-state index in [0.29, 0.717) is 25.2 Å². The Labute approximate surface area is 114 Å². The van der Waals surface area contributed by atoms with Crippen molar-refractivity contribution in [2.45, 2.75) is 52.2 Å². The van der Waals surface area contributed by atoms with Gasteiger partial charge >= 0.3 is 6.09 Å². The molecule has 0 saturated heterocycles. The van der Waals surface area contributed by atoms with Crippen LogP contribution in [0.4, 0.5) is 4.79 Å². The Kier molecular flexibility index (Phi) is 6.96. The predicted molar refractivity (Wildman–Crippen MR) is 74.4 cm³/mol. The Bertz CT molecular complexity index is 335. The molecule has 0 aromatic carbocycles. The van der Waals surface area contributed by atoms with Gasteiger partial charge in [0.15, 0.2) is 5.78 Å². The lowest BCUT2D eigenvalue weighted by atomic mass is 10.1. The third-order valence-corrected chi connectivity index (χ3v) is 2.20. The van der Waals surface area contributed by atoms with Crippen molar-refractivity contribution >= 4 is 11.9 Å². The van der Waals surface area contributed by atoms with E-state index in [9.17, 15) is 9.59 Å². The van der Waals surface area contributed by atoms with E-state index in [1.54, 1.807) is 20.8 Å². The molecule has 1 amide bonds. The lowest BCUT2D eigenvalue weighted by Gasteiger charge is -2.22. The second kappa shape index (κ2) is 7.66. The number of hydrogen-bond acceptors (Lipinski definition) is 5. The second-order valence-electron chi connectivity index (χ2n) is 5.40. The molecule has 0 bridgehead atoms. The molecule has 0 heterocycles. The van der Waals surface area contributed by atoms with Gasteiger partial charge < -0.3 is 21.1 Å². The minimum absolute atomic E-state index is 0.0996. The van der Waals surface area contributed by atoms with Gasteiger partial charge in [-0.25, -0.2) is 4.79 Å². The Balaban J connectivity index is 4.16. The number of amides is 1. The third kappa shape index (κ3) is 9.93. The minimum Gasteiger partial charge on any atom is -0.444 e. The van der Waals surface area contributed by atoms with Gasteiger partial charge in [-0.05, 0) is 40.5 Å². The van der Waals surface area contributed by atoms with E-state index >= 15 is 0 Å². The molecule has 1 atom stereocenters. The first-order chi connectivity index (χ1) is 8.61. The first-order valence-electron chi connectivity index (χ1n) is 6.30. The number of ketones is 1. The van der Waals surface area contributed by atoms with Crippen LogP contribution in [-0.2, 0) is 9.53 Å². The van der Waals surface area contributed by atoms with Gasteiger partial charge in [-0.3, -0.25) is 4.79 Å². The van der Waals surface area contributed by atoms with Gasteiger partial charge in [-0.15, -0.1) is 0 Å². The molecule has 0 aromatic heterocycles. The normalized spacial score (nSPS) is 12.4. The van der Waals surface area contributed by atoms with Gasteiger partial charge in [-0.1, -0.05) is 6.58 Å². The van der Waals surface area contributed by atoms with Crippen LogP contribution in [0.15, 0.2) is 12.4 Å². The molecule has 0 aliphatic carbocycles. The number of rotatable bonds is 7. The van der Waals surface area contributed by atoms with E-state index in [1.807, 2.05) is 0 Å². The minimum atomic E-state index is -0.580. The number of carbonyl (C=O) groups excluding carboxylic acids is 2. The Morgan fingerprint density at radius 3 is 2.37 bits per heavy atom. The number of nitrogens with one attached hydrogen (secondary N) is 2. The molecule has 0 rings (SSSR count). The van der Waals surface area contributed by atoms with Crippen LogP contribution in [0.3, 0.4) is 0 Å². The monoisotopic (exact) mass is 271 g/mol. The molecule has 110 valence electrons. The van der Waals surface area contributed by atoms with Crippen molar-refractivity contribution in [2.24, 2.45) is 5.73 Å². The molecular formula is C13H25N3O3. The molecule has 0 fully saturated rings. The van der Waals surface area contributed by atoms with E-state index in [1.165, 1.54) is 6.92 Å². The number of Topliss-reactive ketones (excluding diaryl/α,β-unsaturated/α-hetero) is 1. The fourth-order valence-electron chi connectivity index (χ4n) is 1.38. The van der Waals surface area contributed by atoms with Crippen molar-refractivity contribution in [1.82, 2.24) is 10.6 Å². The molecule has 4 N–H and O–H groups in total. The predicted octanol–water partition coefficient (Wildman–Crippen LogP) is 1.27. The smallest absolute Gasteiger partial charge is 0.408 e. The van der Waals surface area contributed by atoms with E-state index in [0.717, 1.165) is 0 Å². The molecule has 6 heteroatoms. The maximum absolute atomic E-state index is 11.6. The van der Waals surface area contributed by atoms with Crippen LogP contribution in [0.1, 0.15) is 40.5 Å².